The van der Waals surface area contributed by atoms with Crippen LogP contribution < -0.4 is 0 Å². The van der Waals surface area contributed by atoms with Gasteiger partial charge >= 0.3 is 0 Å². The molecule has 12 rings (SSSR count). The minimum atomic E-state index is 1.16. The second kappa shape index (κ2) is 11.1. The Morgan fingerprint density at radius 3 is 0.667 bits per heavy atom. The molecule has 0 N–H and O–H groups in total. The second-order valence-electron chi connectivity index (χ2n) is 14.1. The highest BCUT2D eigenvalue weighted by Crippen LogP contribution is 2.64. The lowest BCUT2D eigenvalue weighted by molar-refractivity contribution is 1.33. The number of benzene rings is 6. The predicted octanol–water partition coefficient (Wildman–Crippen LogP) is 12.7. The molecule has 0 aliphatic heterocycles. The number of nitrogens with zero attached hydrogens (tertiary/aromatic N) is 4. The zero-order valence-corrected chi connectivity index (χ0v) is 29.0. The summed E-state index contributed by atoms with van der Waals surface area (Å²) in [6.45, 7) is 0. The van der Waals surface area contributed by atoms with E-state index in [0.29, 0.717) is 0 Å². The Morgan fingerprint density at radius 1 is 0.222 bits per heavy atom. The first kappa shape index (κ1) is 29.3. The number of hydrogen-bond donors (Lipinski definition) is 0. The summed E-state index contributed by atoms with van der Waals surface area (Å²) in [7, 11) is 0. The van der Waals surface area contributed by atoms with Crippen molar-refractivity contribution in [2.75, 3.05) is 0 Å². The molecule has 4 heteroatoms. The average molecular weight is 685 g/mol. The molecule has 4 aromatic heterocycles. The van der Waals surface area contributed by atoms with Crippen LogP contribution in [-0.4, -0.2) is 19.9 Å². The average Bonchev–Trinajstić information content (AvgIpc) is 3.75. The highest BCUT2D eigenvalue weighted by Gasteiger charge is 2.36. The van der Waals surface area contributed by atoms with Crippen LogP contribution in [0.2, 0.25) is 0 Å². The van der Waals surface area contributed by atoms with Crippen molar-refractivity contribution in [3.8, 4) is 89.0 Å². The van der Waals surface area contributed by atoms with Gasteiger partial charge in [-0.3, -0.25) is 19.9 Å². The van der Waals surface area contributed by atoms with Crippen LogP contribution in [0.4, 0.5) is 0 Å². The van der Waals surface area contributed by atoms with Crippen molar-refractivity contribution in [1.82, 2.24) is 19.9 Å². The first-order chi connectivity index (χ1) is 26.9. The Balaban J connectivity index is 1.28. The van der Waals surface area contributed by atoms with Crippen LogP contribution in [0.25, 0.3) is 121 Å². The van der Waals surface area contributed by atoms with E-state index in [1.165, 1.54) is 99.1 Å². The number of hydrogen-bond acceptors (Lipinski definition) is 4. The van der Waals surface area contributed by atoms with Crippen LogP contribution in [0.3, 0.4) is 0 Å². The van der Waals surface area contributed by atoms with E-state index in [2.05, 4.69) is 141 Å². The van der Waals surface area contributed by atoms with Gasteiger partial charge in [0.05, 0.1) is 0 Å². The topological polar surface area (TPSA) is 51.6 Å². The first-order valence-electron chi connectivity index (χ1n) is 18.3. The molecular formula is C50H28N4. The van der Waals surface area contributed by atoms with Crippen molar-refractivity contribution < 1.29 is 0 Å². The lowest BCUT2D eigenvalue weighted by Gasteiger charge is -2.21. The smallest absolute Gasteiger partial charge is 0.0273 e. The Bertz CT molecular complexity index is 2750. The Labute approximate surface area is 311 Å². The van der Waals surface area contributed by atoms with Crippen LogP contribution >= 0.6 is 0 Å². The summed E-state index contributed by atoms with van der Waals surface area (Å²) < 4.78 is 0. The third kappa shape index (κ3) is 3.86. The molecule has 4 heterocycles. The van der Waals surface area contributed by atoms with Gasteiger partial charge in [-0.15, -0.1) is 0 Å². The van der Waals surface area contributed by atoms with E-state index in [1.807, 2.05) is 49.6 Å². The van der Waals surface area contributed by atoms with E-state index >= 15 is 0 Å². The van der Waals surface area contributed by atoms with Gasteiger partial charge < -0.3 is 0 Å². The van der Waals surface area contributed by atoms with Gasteiger partial charge in [-0.25, -0.2) is 0 Å². The first-order valence-corrected chi connectivity index (χ1v) is 18.3. The molecule has 0 radical (unpaired) electrons. The Kier molecular flexibility index (Phi) is 6.02. The predicted molar refractivity (Wildman–Crippen MR) is 221 cm³/mol. The molecule has 6 aromatic carbocycles. The third-order valence-corrected chi connectivity index (χ3v) is 11.5. The minimum absolute atomic E-state index is 1.16. The highest BCUT2D eigenvalue weighted by molar-refractivity contribution is 6.35. The zero-order chi connectivity index (χ0) is 35.3. The zero-order valence-electron chi connectivity index (χ0n) is 29.0. The normalized spacial score (nSPS) is 12.1. The largest absolute Gasteiger partial charge is 0.265 e. The lowest BCUT2D eigenvalue weighted by atomic mass is 9.82. The molecular weight excluding hydrogens is 657 g/mol. The van der Waals surface area contributed by atoms with Gasteiger partial charge in [0, 0.05) is 49.6 Å². The summed E-state index contributed by atoms with van der Waals surface area (Å²) in [4.78, 5) is 17.7. The number of rotatable bonds is 4. The lowest BCUT2D eigenvalue weighted by Crippen LogP contribution is -1.94. The van der Waals surface area contributed by atoms with Gasteiger partial charge in [0.1, 0.15) is 0 Å². The van der Waals surface area contributed by atoms with E-state index in [1.54, 1.807) is 0 Å². The molecule has 0 bridgehead atoms. The number of fused-ring (bicyclic) bond motifs is 8. The van der Waals surface area contributed by atoms with Crippen LogP contribution in [0.15, 0.2) is 171 Å². The fourth-order valence-electron chi connectivity index (χ4n) is 9.56. The number of pyridine rings is 4. The van der Waals surface area contributed by atoms with Crippen molar-refractivity contribution >= 4 is 32.3 Å². The van der Waals surface area contributed by atoms with E-state index in [0.717, 1.165) is 22.3 Å². The van der Waals surface area contributed by atoms with Crippen molar-refractivity contribution in [3.63, 3.8) is 0 Å². The van der Waals surface area contributed by atoms with Crippen molar-refractivity contribution in [1.29, 1.82) is 0 Å². The maximum Gasteiger partial charge on any atom is 0.0273 e. The van der Waals surface area contributed by atoms with Gasteiger partial charge in [0.25, 0.3) is 0 Å². The molecule has 0 unspecified atom stereocenters. The fourth-order valence-corrected chi connectivity index (χ4v) is 9.56. The van der Waals surface area contributed by atoms with Crippen LogP contribution in [-0.2, 0) is 0 Å². The molecule has 0 atom stereocenters. The SMILES string of the molecule is c1ccc2c(-c3ccncc3)c3c(c(-c4ccncc4)c2c1)-c1ccc2c4c(ccc-3c14)-c1c-2c(-c2ccncc2)c2ccccc2c1-c1ccncc1. The molecule has 0 fully saturated rings. The molecule has 4 nitrogen and oxygen atoms in total. The van der Waals surface area contributed by atoms with Gasteiger partial charge in [0.2, 0.25) is 0 Å². The summed E-state index contributed by atoms with van der Waals surface area (Å²) in [5.41, 5.74) is 19.8. The molecule has 54 heavy (non-hydrogen) atoms. The molecule has 0 amide bonds. The van der Waals surface area contributed by atoms with Gasteiger partial charge in [-0.1, -0.05) is 72.8 Å². The van der Waals surface area contributed by atoms with E-state index < -0.39 is 0 Å². The van der Waals surface area contributed by atoms with Crippen LogP contribution in [0.5, 0.6) is 0 Å². The van der Waals surface area contributed by atoms with Gasteiger partial charge in [-0.05, 0) is 170 Å². The summed E-state index contributed by atoms with van der Waals surface area (Å²) >= 11 is 0. The van der Waals surface area contributed by atoms with E-state index in [9.17, 15) is 0 Å². The Morgan fingerprint density at radius 2 is 0.444 bits per heavy atom. The third-order valence-electron chi connectivity index (χ3n) is 11.5. The van der Waals surface area contributed by atoms with E-state index in [4.69, 9.17) is 0 Å². The van der Waals surface area contributed by atoms with E-state index in [-0.39, 0.29) is 0 Å². The van der Waals surface area contributed by atoms with Crippen LogP contribution in [0, 0.1) is 0 Å². The molecule has 2 aliphatic carbocycles. The monoisotopic (exact) mass is 684 g/mol. The molecule has 2 aliphatic rings. The molecule has 0 spiro atoms. The van der Waals surface area contributed by atoms with Crippen molar-refractivity contribution in [3.05, 3.63) is 171 Å². The summed E-state index contributed by atoms with van der Waals surface area (Å²) in [5.74, 6) is 0. The van der Waals surface area contributed by atoms with Crippen molar-refractivity contribution in [2.45, 2.75) is 0 Å². The highest BCUT2D eigenvalue weighted by atomic mass is 14.6. The summed E-state index contributed by atoms with van der Waals surface area (Å²) in [6, 6.07) is 44.5. The fraction of sp³-hybridized carbons (Fsp3) is 0. The second-order valence-corrected chi connectivity index (χ2v) is 14.1. The van der Waals surface area contributed by atoms with Gasteiger partial charge in [0.15, 0.2) is 0 Å². The summed E-state index contributed by atoms with van der Waals surface area (Å²) in [5, 5.41) is 7.52. The van der Waals surface area contributed by atoms with Crippen molar-refractivity contribution in [2.24, 2.45) is 0 Å². The molecule has 248 valence electrons. The molecule has 0 saturated carbocycles. The Hall–Kier alpha value is -7.30. The standard InChI is InChI=1S/C50H28N4/c1-2-6-34-33(5-1)41(29-13-21-51-22-14-29)47-37-9-10-39-46-40(12-11-38(45(37)46)48(47)42(34)30-15-23-52-24-16-30)50-44(32-19-27-54-28-20-32)36-8-4-3-7-35(36)43(49(39)50)31-17-25-53-26-18-31/h1-28H. The summed E-state index contributed by atoms with van der Waals surface area (Å²) in [6.07, 6.45) is 15.2. The number of aromatic nitrogens is 4. The molecule has 0 saturated heterocycles. The van der Waals surface area contributed by atoms with Crippen LogP contribution in [0.1, 0.15) is 0 Å². The minimum Gasteiger partial charge on any atom is -0.265 e. The van der Waals surface area contributed by atoms with Gasteiger partial charge in [-0.2, -0.15) is 0 Å². The quantitative estimate of drug-likeness (QED) is 0.185. The maximum absolute atomic E-state index is 4.42. The molecule has 10 aromatic rings. The maximum atomic E-state index is 4.42.